The van der Waals surface area contributed by atoms with E-state index in [1.807, 2.05) is 47.9 Å². The fourth-order valence-corrected chi connectivity index (χ4v) is 4.46. The minimum Gasteiger partial charge on any atom is -0.481 e. The van der Waals surface area contributed by atoms with Crippen LogP contribution in [0.4, 0.5) is 4.79 Å². The summed E-state index contributed by atoms with van der Waals surface area (Å²) in [5.74, 6) is 0.572. The number of amides is 1. The Balaban J connectivity index is 1.64. The summed E-state index contributed by atoms with van der Waals surface area (Å²) in [6.45, 7) is 8.39. The topological polar surface area (TPSA) is 112 Å². The van der Waals surface area contributed by atoms with Gasteiger partial charge in [-0.15, -0.1) is 0 Å². The average molecular weight is 560 g/mol. The monoisotopic (exact) mass is 559 g/mol. The van der Waals surface area contributed by atoms with E-state index in [1.165, 1.54) is 0 Å². The lowest BCUT2D eigenvalue weighted by Crippen LogP contribution is -2.37. The van der Waals surface area contributed by atoms with E-state index in [0.717, 1.165) is 28.0 Å². The van der Waals surface area contributed by atoms with Crippen LogP contribution in [0.25, 0.3) is 11.0 Å². The third-order valence-corrected chi connectivity index (χ3v) is 7.29. The van der Waals surface area contributed by atoms with E-state index >= 15 is 0 Å². The molecule has 39 heavy (non-hydrogen) atoms. The number of ether oxygens (including phenoxy) is 3. The summed E-state index contributed by atoms with van der Waals surface area (Å²) in [6, 6.07) is 11.1. The molecular weight excluding hydrogens is 518 g/mol. The van der Waals surface area contributed by atoms with Crippen LogP contribution in [0.2, 0.25) is 0 Å². The van der Waals surface area contributed by atoms with Gasteiger partial charge in [-0.3, -0.25) is 4.79 Å². The first-order chi connectivity index (χ1) is 18.2. The maximum absolute atomic E-state index is 11.9. The highest BCUT2D eigenvalue weighted by Crippen LogP contribution is 2.34. The van der Waals surface area contributed by atoms with Gasteiger partial charge in [-0.1, -0.05) is 12.1 Å². The summed E-state index contributed by atoms with van der Waals surface area (Å²) in [5, 5.41) is 13.1. The lowest BCUT2D eigenvalue weighted by molar-refractivity contribution is -0.141. The normalized spacial score (nSPS) is 13.2. The Morgan fingerprint density at radius 3 is 2.44 bits per heavy atom. The summed E-state index contributed by atoms with van der Waals surface area (Å²) in [6.07, 6.45) is 8.17. The third-order valence-electron chi connectivity index (χ3n) is 5.90. The van der Waals surface area contributed by atoms with Gasteiger partial charge in [0.25, 0.3) is 0 Å². The Morgan fingerprint density at radius 1 is 1.13 bits per heavy atom. The minimum absolute atomic E-state index is 0.0328. The molecule has 3 aromatic rings. The summed E-state index contributed by atoms with van der Waals surface area (Å²) in [4.78, 5) is 28.2. The molecule has 0 saturated carbocycles. The third kappa shape index (κ3) is 9.47. The van der Waals surface area contributed by atoms with Crippen molar-refractivity contribution in [2.24, 2.45) is 5.92 Å². The molecule has 0 aliphatic carbocycles. The number of carboxylic acids is 1. The number of pyridine rings is 1. The molecule has 0 radical (unpaired) electrons. The van der Waals surface area contributed by atoms with E-state index in [9.17, 15) is 14.7 Å². The van der Waals surface area contributed by atoms with Crippen LogP contribution in [0.1, 0.15) is 32.0 Å². The fraction of sp³-hybridized carbons (Fsp3) is 0.483. The van der Waals surface area contributed by atoms with Crippen LogP contribution in [0.15, 0.2) is 42.6 Å². The van der Waals surface area contributed by atoms with Crippen molar-refractivity contribution in [3.05, 3.63) is 53.9 Å². The van der Waals surface area contributed by atoms with Crippen molar-refractivity contribution in [2.45, 2.75) is 46.4 Å². The number of aliphatic carboxylic acids is 1. The second-order valence-corrected chi connectivity index (χ2v) is 16.1. The molecule has 0 aliphatic rings. The van der Waals surface area contributed by atoms with Gasteiger partial charge in [-0.25, -0.2) is 19.8 Å². The highest BCUT2D eigenvalue weighted by atomic mass is 32.3. The SMILES string of the molecule is Cc1cc2c(Oc3ccc(CC(CNC(=O)OC(C)(C)C)C(=O)O)cc3)ccnc2n1COCCS(C)(C)C. The quantitative estimate of drug-likeness (QED) is 0.279. The molecular formula is C29H41N3O6S. The number of hydrogen-bond donors (Lipinski definition) is 2. The van der Waals surface area contributed by atoms with E-state index in [0.29, 0.717) is 24.8 Å². The molecule has 0 aliphatic heterocycles. The van der Waals surface area contributed by atoms with Gasteiger partial charge in [0.2, 0.25) is 0 Å². The molecule has 3 rings (SSSR count). The van der Waals surface area contributed by atoms with Crippen LogP contribution in [0.5, 0.6) is 11.5 Å². The number of fused-ring (bicyclic) bond motifs is 1. The minimum atomic E-state index is -0.992. The second-order valence-electron chi connectivity index (χ2n) is 11.5. The molecule has 10 heteroatoms. The first-order valence-electron chi connectivity index (χ1n) is 12.9. The number of rotatable bonds is 12. The van der Waals surface area contributed by atoms with Gasteiger partial charge < -0.3 is 29.2 Å². The summed E-state index contributed by atoms with van der Waals surface area (Å²) in [7, 11) is -0.607. The van der Waals surface area contributed by atoms with Crippen molar-refractivity contribution in [3.63, 3.8) is 0 Å². The van der Waals surface area contributed by atoms with Crippen LogP contribution in [-0.2, 0) is 27.4 Å². The molecule has 214 valence electrons. The molecule has 1 atom stereocenters. The van der Waals surface area contributed by atoms with Crippen LogP contribution < -0.4 is 10.1 Å². The maximum atomic E-state index is 11.9. The standard InChI is InChI=1S/C29H41N3O6S/c1-20-16-24-25(12-13-30-26(24)32(20)19-36-14-15-39(5,6)7)37-23-10-8-21(9-11-23)17-22(27(33)34)18-31-28(35)38-29(2,3)4/h8-13,16,22H,14-15,17-19H2,1-7H3,(H,31,35)(H,33,34). The molecule has 1 unspecified atom stereocenters. The van der Waals surface area contributed by atoms with Crippen LogP contribution in [-0.4, -0.2) is 70.0 Å². The zero-order valence-corrected chi connectivity index (χ0v) is 24.8. The number of aryl methyl sites for hydroxylation is 1. The van der Waals surface area contributed by atoms with Crippen LogP contribution >= 0.6 is 10.0 Å². The molecule has 2 N–H and O–H groups in total. The zero-order valence-electron chi connectivity index (χ0n) is 23.9. The number of carbonyl (C=O) groups is 2. The average Bonchev–Trinajstić information content (AvgIpc) is 3.14. The van der Waals surface area contributed by atoms with Gasteiger partial charge in [0.15, 0.2) is 0 Å². The predicted molar refractivity (Wildman–Crippen MR) is 156 cm³/mol. The number of carboxylic acid groups (broad SMARTS) is 1. The second kappa shape index (κ2) is 12.7. The molecule has 9 nitrogen and oxygen atoms in total. The van der Waals surface area contributed by atoms with Crippen molar-refractivity contribution in [1.82, 2.24) is 14.9 Å². The zero-order chi connectivity index (χ0) is 28.8. The highest BCUT2D eigenvalue weighted by molar-refractivity contribution is 8.32. The lowest BCUT2D eigenvalue weighted by Gasteiger charge is -2.24. The predicted octanol–water partition coefficient (Wildman–Crippen LogP) is 5.57. The Labute approximate surface area is 232 Å². The lowest BCUT2D eigenvalue weighted by atomic mass is 9.99. The number of nitrogens with zero attached hydrogens (tertiary/aromatic N) is 2. The molecule has 1 amide bonds. The summed E-state index contributed by atoms with van der Waals surface area (Å²) < 4.78 is 19.4. The molecule has 2 heterocycles. The van der Waals surface area contributed by atoms with Crippen molar-refractivity contribution in [1.29, 1.82) is 0 Å². The number of carbonyl (C=O) groups excluding carboxylic acids is 1. The number of aromatic nitrogens is 2. The maximum Gasteiger partial charge on any atom is 0.407 e. The van der Waals surface area contributed by atoms with Crippen LogP contribution in [0.3, 0.4) is 0 Å². The fourth-order valence-electron chi connectivity index (χ4n) is 3.84. The number of hydrogen-bond acceptors (Lipinski definition) is 6. The smallest absolute Gasteiger partial charge is 0.407 e. The summed E-state index contributed by atoms with van der Waals surface area (Å²) >= 11 is 0. The van der Waals surface area contributed by atoms with E-state index in [2.05, 4.69) is 29.1 Å². The van der Waals surface area contributed by atoms with Crippen molar-refractivity contribution >= 4 is 33.1 Å². The van der Waals surface area contributed by atoms with Gasteiger partial charge >= 0.3 is 12.1 Å². The van der Waals surface area contributed by atoms with Gasteiger partial charge in [0.1, 0.15) is 29.5 Å². The molecule has 1 aromatic carbocycles. The first-order valence-corrected chi connectivity index (χ1v) is 15.9. The Morgan fingerprint density at radius 2 is 1.82 bits per heavy atom. The van der Waals surface area contributed by atoms with Crippen LogP contribution in [0, 0.1) is 12.8 Å². The van der Waals surface area contributed by atoms with E-state index in [4.69, 9.17) is 14.2 Å². The Bertz CT molecular complexity index is 1280. The van der Waals surface area contributed by atoms with Gasteiger partial charge in [0.05, 0.1) is 17.9 Å². The van der Waals surface area contributed by atoms with Gasteiger partial charge in [-0.05, 0) is 82.7 Å². The molecule has 0 spiro atoms. The molecule has 0 saturated heterocycles. The van der Waals surface area contributed by atoms with E-state index in [-0.39, 0.29) is 13.0 Å². The first kappa shape index (κ1) is 30.3. The molecule has 0 fully saturated rings. The van der Waals surface area contributed by atoms with Crippen molar-refractivity contribution < 1.29 is 28.9 Å². The largest absolute Gasteiger partial charge is 0.481 e. The Kier molecular flexibility index (Phi) is 9.90. The van der Waals surface area contributed by atoms with Gasteiger partial charge in [0, 0.05) is 24.2 Å². The number of benzene rings is 1. The Hall–Kier alpha value is -3.24. The van der Waals surface area contributed by atoms with E-state index in [1.54, 1.807) is 27.0 Å². The van der Waals surface area contributed by atoms with Crippen molar-refractivity contribution in [2.75, 3.05) is 37.7 Å². The van der Waals surface area contributed by atoms with Gasteiger partial charge in [-0.2, -0.15) is 0 Å². The number of alkyl carbamates (subject to hydrolysis) is 1. The summed E-state index contributed by atoms with van der Waals surface area (Å²) in [5.41, 5.74) is 2.00. The molecule has 0 bridgehead atoms. The highest BCUT2D eigenvalue weighted by Gasteiger charge is 2.22. The van der Waals surface area contributed by atoms with E-state index < -0.39 is 33.6 Å². The number of nitrogens with one attached hydrogen (secondary N) is 1. The van der Waals surface area contributed by atoms with Crippen molar-refractivity contribution in [3.8, 4) is 11.5 Å². The molecule has 2 aromatic heterocycles.